The first-order valence-electron chi connectivity index (χ1n) is 8.22. The zero-order valence-electron chi connectivity index (χ0n) is 15.0. The van der Waals surface area contributed by atoms with Gasteiger partial charge in [-0.25, -0.2) is 13.6 Å². The molecule has 8 nitrogen and oxygen atoms in total. The summed E-state index contributed by atoms with van der Waals surface area (Å²) < 4.78 is 29.6. The van der Waals surface area contributed by atoms with Gasteiger partial charge in [0, 0.05) is 12.1 Å². The molecule has 0 aliphatic rings. The van der Waals surface area contributed by atoms with Crippen LogP contribution in [0.25, 0.3) is 0 Å². The van der Waals surface area contributed by atoms with Gasteiger partial charge in [-0.3, -0.25) is 9.59 Å². The average Bonchev–Trinajstić information content (AvgIpc) is 2.56. The lowest BCUT2D eigenvalue weighted by molar-refractivity contribution is -0.142. The lowest BCUT2D eigenvalue weighted by Crippen LogP contribution is -2.36. The Hall–Kier alpha value is -2.91. The van der Waals surface area contributed by atoms with Crippen molar-refractivity contribution in [1.29, 1.82) is 0 Å². The highest BCUT2D eigenvalue weighted by Crippen LogP contribution is 2.26. The van der Waals surface area contributed by atoms with E-state index in [4.69, 9.17) is 10.5 Å². The summed E-state index contributed by atoms with van der Waals surface area (Å²) >= 11 is 0. The van der Waals surface area contributed by atoms with Gasteiger partial charge < -0.3 is 26.2 Å². The number of aliphatic carboxylic acids is 1. The van der Waals surface area contributed by atoms with Gasteiger partial charge in [0.05, 0.1) is 11.6 Å². The van der Waals surface area contributed by atoms with Crippen LogP contribution in [0.2, 0.25) is 0 Å². The highest BCUT2D eigenvalue weighted by Gasteiger charge is 2.20. The maximum Gasteiger partial charge on any atom is 0.319 e. The molecule has 1 rings (SSSR count). The third-order valence-corrected chi connectivity index (χ3v) is 3.49. The number of hydrogen-bond acceptors (Lipinski definition) is 4. The van der Waals surface area contributed by atoms with E-state index in [1.807, 2.05) is 13.8 Å². The standard InChI is InChI=1S/C17H23F2N3O5/c1-9(2)5-11(16(24)25)7-21-17(26)22-12-6-10(15(20)23)3-4-13(12)27-8-14(18)19/h3-4,6,9,11,14H,5,7-8H2,1-2H3,(H2,20,23)(H,24,25)(H2,21,22,26). The van der Waals surface area contributed by atoms with Crippen molar-refractivity contribution < 1.29 is 33.0 Å². The number of nitrogens with one attached hydrogen (secondary N) is 2. The first-order chi connectivity index (χ1) is 12.6. The van der Waals surface area contributed by atoms with Crippen LogP contribution in [0.3, 0.4) is 0 Å². The summed E-state index contributed by atoms with van der Waals surface area (Å²) in [5.74, 6) is -2.55. The molecule has 0 heterocycles. The minimum absolute atomic E-state index is 0.0397. The molecule has 0 saturated carbocycles. The molecule has 10 heteroatoms. The van der Waals surface area contributed by atoms with E-state index in [0.29, 0.717) is 6.42 Å². The topological polar surface area (TPSA) is 131 Å². The van der Waals surface area contributed by atoms with Crippen LogP contribution in [0, 0.1) is 11.8 Å². The maximum atomic E-state index is 12.4. The van der Waals surface area contributed by atoms with E-state index in [-0.39, 0.29) is 29.5 Å². The molecule has 1 aromatic carbocycles. The van der Waals surface area contributed by atoms with E-state index in [0.717, 1.165) is 0 Å². The van der Waals surface area contributed by atoms with Crippen LogP contribution < -0.4 is 21.1 Å². The Bertz CT molecular complexity index is 683. The third-order valence-electron chi connectivity index (χ3n) is 3.49. The lowest BCUT2D eigenvalue weighted by Gasteiger charge is -2.17. The van der Waals surface area contributed by atoms with Gasteiger partial charge in [-0.1, -0.05) is 13.8 Å². The molecule has 1 atom stereocenters. The van der Waals surface area contributed by atoms with Gasteiger partial charge in [0.1, 0.15) is 12.4 Å². The minimum Gasteiger partial charge on any atom is -0.485 e. The Morgan fingerprint density at radius 1 is 1.26 bits per heavy atom. The number of benzene rings is 1. The van der Waals surface area contributed by atoms with Crippen molar-refractivity contribution in [3.05, 3.63) is 23.8 Å². The van der Waals surface area contributed by atoms with Gasteiger partial charge in [-0.2, -0.15) is 0 Å². The van der Waals surface area contributed by atoms with Gasteiger partial charge in [-0.15, -0.1) is 0 Å². The Labute approximate surface area is 155 Å². The van der Waals surface area contributed by atoms with Crippen molar-refractivity contribution >= 4 is 23.6 Å². The van der Waals surface area contributed by atoms with Crippen LogP contribution >= 0.6 is 0 Å². The third kappa shape index (κ3) is 7.89. The predicted octanol–water partition coefficient (Wildman–Crippen LogP) is 2.30. The molecule has 0 spiro atoms. The zero-order valence-corrected chi connectivity index (χ0v) is 15.0. The summed E-state index contributed by atoms with van der Waals surface area (Å²) in [6, 6.07) is 2.92. The van der Waals surface area contributed by atoms with Gasteiger partial charge in [0.15, 0.2) is 0 Å². The molecule has 3 amide bonds. The number of halogens is 2. The largest absolute Gasteiger partial charge is 0.485 e. The number of alkyl halides is 2. The second-order valence-corrected chi connectivity index (χ2v) is 6.28. The van der Waals surface area contributed by atoms with Crippen LogP contribution in [-0.4, -0.2) is 42.6 Å². The number of carbonyl (C=O) groups excluding carboxylic acids is 2. The van der Waals surface area contributed by atoms with E-state index in [1.54, 1.807) is 0 Å². The number of carboxylic acid groups (broad SMARTS) is 1. The van der Waals surface area contributed by atoms with Crippen LogP contribution in [0.5, 0.6) is 5.75 Å². The Balaban J connectivity index is 2.84. The average molecular weight is 387 g/mol. The van der Waals surface area contributed by atoms with Gasteiger partial charge in [-0.05, 0) is 30.5 Å². The molecule has 1 aromatic rings. The number of carbonyl (C=O) groups is 3. The molecule has 150 valence electrons. The van der Waals surface area contributed by atoms with Crippen LogP contribution in [-0.2, 0) is 4.79 Å². The number of anilines is 1. The summed E-state index contributed by atoms with van der Waals surface area (Å²) in [4.78, 5) is 34.6. The monoisotopic (exact) mass is 387 g/mol. The fraction of sp³-hybridized carbons (Fsp3) is 0.471. The number of ether oxygens (including phenoxy) is 1. The normalized spacial score (nSPS) is 11.9. The lowest BCUT2D eigenvalue weighted by atomic mass is 9.97. The van der Waals surface area contributed by atoms with Gasteiger partial charge in [0.2, 0.25) is 5.91 Å². The quantitative estimate of drug-likeness (QED) is 0.489. The second-order valence-electron chi connectivity index (χ2n) is 6.28. The van der Waals surface area contributed by atoms with Gasteiger partial charge >= 0.3 is 12.0 Å². The number of urea groups is 1. The number of rotatable bonds is 10. The Kier molecular flexibility index (Phi) is 8.43. The Morgan fingerprint density at radius 2 is 1.93 bits per heavy atom. The molecule has 27 heavy (non-hydrogen) atoms. The molecule has 0 radical (unpaired) electrons. The number of carboxylic acids is 1. The smallest absolute Gasteiger partial charge is 0.319 e. The number of nitrogens with two attached hydrogens (primary N) is 1. The van der Waals surface area contributed by atoms with E-state index in [1.165, 1.54) is 18.2 Å². The van der Waals surface area contributed by atoms with Crippen molar-refractivity contribution in [2.24, 2.45) is 17.6 Å². The molecular formula is C17H23F2N3O5. The van der Waals surface area contributed by atoms with E-state index < -0.39 is 36.9 Å². The maximum absolute atomic E-state index is 12.4. The molecule has 0 fully saturated rings. The molecule has 0 aliphatic heterocycles. The van der Waals surface area contributed by atoms with E-state index in [2.05, 4.69) is 10.6 Å². The molecule has 5 N–H and O–H groups in total. The van der Waals surface area contributed by atoms with Crippen molar-refractivity contribution in [3.8, 4) is 5.75 Å². The fourth-order valence-corrected chi connectivity index (χ4v) is 2.28. The zero-order chi connectivity index (χ0) is 20.6. The summed E-state index contributed by atoms with van der Waals surface area (Å²) in [7, 11) is 0. The fourth-order valence-electron chi connectivity index (χ4n) is 2.28. The number of amides is 3. The van der Waals surface area contributed by atoms with E-state index in [9.17, 15) is 28.3 Å². The predicted molar refractivity (Wildman–Crippen MR) is 94.1 cm³/mol. The van der Waals surface area contributed by atoms with Gasteiger partial charge in [0.25, 0.3) is 6.43 Å². The Morgan fingerprint density at radius 3 is 2.44 bits per heavy atom. The van der Waals surface area contributed by atoms with Crippen molar-refractivity contribution in [1.82, 2.24) is 5.32 Å². The number of primary amides is 1. The molecule has 0 aliphatic carbocycles. The molecule has 0 bridgehead atoms. The first kappa shape index (κ1) is 22.1. The molecule has 1 unspecified atom stereocenters. The minimum atomic E-state index is -2.73. The summed E-state index contributed by atoms with van der Waals surface area (Å²) in [5, 5.41) is 13.9. The second kappa shape index (κ2) is 10.3. The SMILES string of the molecule is CC(C)CC(CNC(=O)Nc1cc(C(N)=O)ccc1OCC(F)F)C(=O)O. The van der Waals surface area contributed by atoms with Crippen LogP contribution in [0.1, 0.15) is 30.6 Å². The summed E-state index contributed by atoms with van der Waals surface area (Å²) in [6.45, 7) is 2.69. The summed E-state index contributed by atoms with van der Waals surface area (Å²) in [6.07, 6.45) is -2.36. The molecule has 0 aromatic heterocycles. The highest BCUT2D eigenvalue weighted by atomic mass is 19.3. The van der Waals surface area contributed by atoms with E-state index >= 15 is 0 Å². The highest BCUT2D eigenvalue weighted by molar-refractivity contribution is 5.97. The van der Waals surface area contributed by atoms with Crippen LogP contribution in [0.15, 0.2) is 18.2 Å². The molecular weight excluding hydrogens is 364 g/mol. The summed E-state index contributed by atoms with van der Waals surface area (Å²) in [5.41, 5.74) is 5.17. The number of hydrogen-bond donors (Lipinski definition) is 4. The van der Waals surface area contributed by atoms with Crippen molar-refractivity contribution in [2.75, 3.05) is 18.5 Å². The van der Waals surface area contributed by atoms with Crippen molar-refractivity contribution in [3.63, 3.8) is 0 Å². The molecule has 0 saturated heterocycles. The van der Waals surface area contributed by atoms with Crippen LogP contribution in [0.4, 0.5) is 19.3 Å². The van der Waals surface area contributed by atoms with Crippen molar-refractivity contribution in [2.45, 2.75) is 26.7 Å². The first-order valence-corrected chi connectivity index (χ1v) is 8.22.